The van der Waals surface area contributed by atoms with Gasteiger partial charge in [-0.2, -0.15) is 0 Å². The number of carbonyl (C=O) groups excluding carboxylic acids is 5. The van der Waals surface area contributed by atoms with Gasteiger partial charge in [-0.05, 0) is 110 Å². The quantitative estimate of drug-likeness (QED) is 0.102. The largest absolute Gasteiger partial charge is 0.461 e. The molecule has 0 spiro atoms. The van der Waals surface area contributed by atoms with E-state index in [4.69, 9.17) is 9.47 Å². The van der Waals surface area contributed by atoms with Gasteiger partial charge in [0.05, 0.1) is 32.0 Å². The van der Waals surface area contributed by atoms with Crippen molar-refractivity contribution in [2.45, 2.75) is 171 Å². The molecule has 3 aliphatic rings. The molecule has 3 rings (SSSR count). The number of nitrogens with one attached hydrogen (secondary N) is 1. The van der Waals surface area contributed by atoms with Gasteiger partial charge >= 0.3 is 11.9 Å². The van der Waals surface area contributed by atoms with Crippen molar-refractivity contribution in [1.29, 1.82) is 0 Å². The summed E-state index contributed by atoms with van der Waals surface area (Å²) in [5.74, 6) is -1.77. The lowest BCUT2D eigenvalue weighted by atomic mass is 9.72. The van der Waals surface area contributed by atoms with E-state index in [0.29, 0.717) is 19.3 Å². The first kappa shape index (κ1) is 47.6. The van der Waals surface area contributed by atoms with Crippen molar-refractivity contribution in [3.05, 3.63) is 58.7 Å². The Hall–Kier alpha value is -3.79. The van der Waals surface area contributed by atoms with Crippen molar-refractivity contribution in [3.8, 4) is 0 Å². The molecule has 3 unspecified atom stereocenters. The van der Waals surface area contributed by atoms with E-state index < -0.39 is 35.4 Å². The van der Waals surface area contributed by atoms with Crippen molar-refractivity contribution in [1.82, 2.24) is 15.1 Å². The molecule has 0 aromatic carbocycles. The molecule has 0 bridgehead atoms. The lowest BCUT2D eigenvalue weighted by Crippen LogP contribution is -2.56. The molecule has 10 heteroatoms. The molecule has 0 aromatic rings. The maximum atomic E-state index is 14.1. The highest BCUT2D eigenvalue weighted by Gasteiger charge is 2.47. The van der Waals surface area contributed by atoms with Crippen LogP contribution in [0.15, 0.2) is 58.7 Å². The molecule has 2 saturated heterocycles. The fraction of sp³-hybridized carbons (Fsp3) is 0.681. The molecule has 57 heavy (non-hydrogen) atoms. The van der Waals surface area contributed by atoms with Gasteiger partial charge in [0.2, 0.25) is 11.8 Å². The topological polar surface area (TPSA) is 122 Å². The standard InChI is InChI=1S/C47H73N3O7/c1-12-46(9,10)50-28-17-21-38(50)44(55)49-32-36(30-39(49)43(54)48-31-40(51)47(11,13-2)14-3)57-42(53)25-24-41(52)56-29-26-34(5)19-15-18-33(4)22-23-37-35(6)20-16-27-45(37,7)8/h15,18-19,22-23,26,36,38-39H,12-14,16-17,20-21,24-25,27-32H2,1-11H3,(H,48,54)/b19-15+,23-22+,33-18+,34-26+. The van der Waals surface area contributed by atoms with Gasteiger partial charge in [-0.15, -0.1) is 0 Å². The van der Waals surface area contributed by atoms with Crippen LogP contribution >= 0.6 is 0 Å². The number of Topliss-reactive ketones (excluding diaryl/α,β-unsaturated/α-hetero) is 1. The lowest BCUT2D eigenvalue weighted by molar-refractivity contribution is -0.153. The van der Waals surface area contributed by atoms with Crippen LogP contribution < -0.4 is 5.32 Å². The molecule has 1 N–H and O–H groups in total. The van der Waals surface area contributed by atoms with Gasteiger partial charge < -0.3 is 19.7 Å². The normalized spacial score (nSPS) is 22.4. The average Bonchev–Trinajstić information content (AvgIpc) is 3.84. The second-order valence-electron chi connectivity index (χ2n) is 17.9. The molecule has 2 amide bonds. The van der Waals surface area contributed by atoms with Crippen LogP contribution in [0.25, 0.3) is 0 Å². The zero-order chi connectivity index (χ0) is 42.6. The number of likely N-dealkylation sites (tertiary alicyclic amines) is 2. The molecular weight excluding hydrogens is 719 g/mol. The lowest BCUT2D eigenvalue weighted by Gasteiger charge is -2.40. The molecule has 1 aliphatic carbocycles. The number of rotatable bonds is 19. The summed E-state index contributed by atoms with van der Waals surface area (Å²) in [5, 5.41) is 2.79. The van der Waals surface area contributed by atoms with Gasteiger partial charge in [-0.25, -0.2) is 0 Å². The van der Waals surface area contributed by atoms with Crippen molar-refractivity contribution < 1.29 is 33.4 Å². The predicted octanol–water partition coefficient (Wildman–Crippen LogP) is 8.52. The number of ether oxygens (including phenoxy) is 2. The smallest absolute Gasteiger partial charge is 0.306 e. The molecular formula is C47H73N3O7. The zero-order valence-corrected chi connectivity index (χ0v) is 37.1. The van der Waals surface area contributed by atoms with Crippen molar-refractivity contribution in [3.63, 3.8) is 0 Å². The molecule has 2 fully saturated rings. The van der Waals surface area contributed by atoms with Gasteiger partial charge in [-0.3, -0.25) is 28.9 Å². The van der Waals surface area contributed by atoms with E-state index >= 15 is 0 Å². The third-order valence-electron chi connectivity index (χ3n) is 12.9. The minimum atomic E-state index is -0.884. The highest BCUT2D eigenvalue weighted by Crippen LogP contribution is 2.41. The fourth-order valence-corrected chi connectivity index (χ4v) is 8.15. The van der Waals surface area contributed by atoms with E-state index in [9.17, 15) is 24.0 Å². The molecule has 0 saturated carbocycles. The third-order valence-corrected chi connectivity index (χ3v) is 12.9. The number of carbonyl (C=O) groups is 5. The highest BCUT2D eigenvalue weighted by atomic mass is 16.5. The second kappa shape index (κ2) is 21.3. The van der Waals surface area contributed by atoms with Gasteiger partial charge in [0.1, 0.15) is 18.8 Å². The van der Waals surface area contributed by atoms with E-state index in [2.05, 4.69) is 76.9 Å². The van der Waals surface area contributed by atoms with Crippen LogP contribution in [-0.2, 0) is 33.4 Å². The fourth-order valence-electron chi connectivity index (χ4n) is 8.15. The SMILES string of the molecule is CCC(C)(CC)C(=O)CNC(=O)C1CC(OC(=O)CCC(=O)OC/C=C(C)/C=C/C=C(C)/C=C/C2=C(C)CCCC2(C)C)CN1C(=O)C1CCCN1C(C)(C)CC. The molecule has 10 nitrogen and oxygen atoms in total. The van der Waals surface area contributed by atoms with Gasteiger partial charge in [0.25, 0.3) is 0 Å². The summed E-state index contributed by atoms with van der Waals surface area (Å²) in [7, 11) is 0. The highest BCUT2D eigenvalue weighted by molar-refractivity contribution is 5.94. The van der Waals surface area contributed by atoms with Crippen LogP contribution in [0.4, 0.5) is 0 Å². The van der Waals surface area contributed by atoms with Crippen molar-refractivity contribution in [2.24, 2.45) is 10.8 Å². The summed E-state index contributed by atoms with van der Waals surface area (Å²) in [5.41, 5.74) is 4.44. The summed E-state index contributed by atoms with van der Waals surface area (Å²) >= 11 is 0. The Morgan fingerprint density at radius 2 is 1.60 bits per heavy atom. The van der Waals surface area contributed by atoms with Crippen molar-refractivity contribution in [2.75, 3.05) is 26.2 Å². The van der Waals surface area contributed by atoms with E-state index in [-0.39, 0.29) is 67.6 Å². The average molecular weight is 792 g/mol. The Labute approximate surface area is 343 Å². The maximum absolute atomic E-state index is 14.1. The van der Waals surface area contributed by atoms with E-state index in [1.807, 2.05) is 45.9 Å². The summed E-state index contributed by atoms with van der Waals surface area (Å²) in [6.45, 7) is 23.8. The summed E-state index contributed by atoms with van der Waals surface area (Å²) in [4.78, 5) is 70.0. The number of amides is 2. The number of hydrogen-bond acceptors (Lipinski definition) is 8. The van der Waals surface area contributed by atoms with Crippen LogP contribution in [0.2, 0.25) is 0 Å². The molecule has 2 aliphatic heterocycles. The Morgan fingerprint density at radius 3 is 2.25 bits per heavy atom. The predicted molar refractivity (Wildman–Crippen MR) is 227 cm³/mol. The first-order chi connectivity index (χ1) is 26.8. The van der Waals surface area contributed by atoms with Crippen LogP contribution in [-0.4, -0.2) is 89.3 Å². The number of allylic oxidation sites excluding steroid dienone is 9. The Balaban J connectivity index is 1.54. The van der Waals surface area contributed by atoms with Crippen LogP contribution in [0.5, 0.6) is 0 Å². The van der Waals surface area contributed by atoms with Crippen LogP contribution in [0, 0.1) is 10.8 Å². The summed E-state index contributed by atoms with van der Waals surface area (Å²) in [6, 6.07) is -1.27. The van der Waals surface area contributed by atoms with E-state index in [0.717, 1.165) is 37.0 Å². The first-order valence-electron chi connectivity index (χ1n) is 21.4. The van der Waals surface area contributed by atoms with Gasteiger partial charge in [0, 0.05) is 17.4 Å². The second-order valence-corrected chi connectivity index (χ2v) is 17.9. The van der Waals surface area contributed by atoms with Gasteiger partial charge in [-0.1, -0.05) is 88.6 Å². The van der Waals surface area contributed by atoms with Crippen LogP contribution in [0.1, 0.15) is 147 Å². The van der Waals surface area contributed by atoms with Gasteiger partial charge in [0.15, 0.2) is 5.78 Å². The number of hydrogen-bond donors (Lipinski definition) is 1. The Bertz CT molecular complexity index is 1610. The monoisotopic (exact) mass is 792 g/mol. The van der Waals surface area contributed by atoms with Crippen molar-refractivity contribution >= 4 is 29.5 Å². The molecule has 318 valence electrons. The molecule has 0 aromatic heterocycles. The number of esters is 2. The molecule has 2 heterocycles. The summed E-state index contributed by atoms with van der Waals surface area (Å²) < 4.78 is 11.1. The number of ketones is 1. The zero-order valence-electron chi connectivity index (χ0n) is 37.1. The third kappa shape index (κ3) is 13.4. The molecule has 3 atom stereocenters. The van der Waals surface area contributed by atoms with E-state index in [1.165, 1.54) is 28.9 Å². The Kier molecular flexibility index (Phi) is 17.8. The van der Waals surface area contributed by atoms with Crippen LogP contribution in [0.3, 0.4) is 0 Å². The minimum Gasteiger partial charge on any atom is -0.461 e. The molecule has 0 radical (unpaired) electrons. The van der Waals surface area contributed by atoms with E-state index in [1.54, 1.807) is 0 Å². The minimum absolute atomic E-state index is 0.0572. The maximum Gasteiger partial charge on any atom is 0.306 e. The first-order valence-corrected chi connectivity index (χ1v) is 21.4. The Morgan fingerprint density at radius 1 is 0.912 bits per heavy atom. The summed E-state index contributed by atoms with van der Waals surface area (Å²) in [6.07, 6.45) is 18.6. The number of nitrogens with zero attached hydrogens (tertiary/aromatic N) is 2.